The van der Waals surface area contributed by atoms with Crippen LogP contribution in [0.3, 0.4) is 0 Å². The normalized spacial score (nSPS) is 19.5. The molecule has 2 aliphatic rings. The van der Waals surface area contributed by atoms with Gasteiger partial charge >= 0.3 is 12.1 Å². The quantitative estimate of drug-likeness (QED) is 0.333. The first-order chi connectivity index (χ1) is 15.4. The number of rotatable bonds is 9. The van der Waals surface area contributed by atoms with Gasteiger partial charge in [-0.1, -0.05) is 31.4 Å². The van der Waals surface area contributed by atoms with E-state index < -0.39 is 6.04 Å². The summed E-state index contributed by atoms with van der Waals surface area (Å²) in [5.41, 5.74) is 0.685. The van der Waals surface area contributed by atoms with E-state index in [0.717, 1.165) is 30.6 Å². The van der Waals surface area contributed by atoms with Crippen molar-refractivity contribution in [2.24, 2.45) is 5.92 Å². The van der Waals surface area contributed by atoms with Gasteiger partial charge in [0.15, 0.2) is 0 Å². The summed E-state index contributed by atoms with van der Waals surface area (Å²) in [6, 6.07) is 6.89. The Hall–Kier alpha value is -2.22. The van der Waals surface area contributed by atoms with Crippen LogP contribution in [0, 0.1) is 5.92 Å². The zero-order chi connectivity index (χ0) is 23.1. The number of anilines is 1. The second-order valence-electron chi connectivity index (χ2n) is 8.92. The number of benzene rings is 1. The Morgan fingerprint density at radius 3 is 2.53 bits per heavy atom. The van der Waals surface area contributed by atoms with Crippen molar-refractivity contribution in [1.29, 1.82) is 0 Å². The van der Waals surface area contributed by atoms with E-state index in [1.807, 2.05) is 35.4 Å². The Bertz CT molecular complexity index is 810. The number of nitrogens with zero attached hydrogens (tertiary/aromatic N) is 3. The fourth-order valence-corrected chi connectivity index (χ4v) is 5.21. The highest BCUT2D eigenvalue weighted by Gasteiger charge is 2.46. The molecule has 176 valence electrons. The van der Waals surface area contributed by atoms with Gasteiger partial charge in [-0.2, -0.15) is 0 Å². The lowest BCUT2D eigenvalue weighted by Gasteiger charge is -2.29. The van der Waals surface area contributed by atoms with E-state index in [4.69, 9.17) is 0 Å². The fraction of sp³-hybridized carbons (Fsp3) is 0.625. The van der Waals surface area contributed by atoms with Crippen molar-refractivity contribution in [3.8, 4) is 0 Å². The third kappa shape index (κ3) is 5.77. The molecule has 0 spiro atoms. The average Bonchev–Trinajstić information content (AvgIpc) is 3.03. The maximum Gasteiger partial charge on any atom is 0.332 e. The summed E-state index contributed by atoms with van der Waals surface area (Å²) in [6.07, 6.45) is 10.1. The summed E-state index contributed by atoms with van der Waals surface area (Å²) in [7, 11) is 3.42. The molecule has 0 aromatic heterocycles. The number of unbranched alkanes of at least 4 members (excludes halogenated alkanes) is 1. The van der Waals surface area contributed by atoms with Gasteiger partial charge in [-0.15, -0.1) is 11.8 Å². The van der Waals surface area contributed by atoms with E-state index in [-0.39, 0.29) is 18.0 Å². The highest BCUT2D eigenvalue weighted by Crippen LogP contribution is 2.35. The smallest absolute Gasteiger partial charge is 0.332 e. The minimum Gasteiger partial charge on any atom is -0.338 e. The molecule has 2 fully saturated rings. The fourth-order valence-electron chi connectivity index (χ4n) is 4.62. The number of para-hydroxylation sites is 1. The zero-order valence-corrected chi connectivity index (χ0v) is 20.3. The molecule has 1 heterocycles. The summed E-state index contributed by atoms with van der Waals surface area (Å²) in [6.45, 7) is 1.22. The maximum absolute atomic E-state index is 13.5. The van der Waals surface area contributed by atoms with E-state index in [1.165, 1.54) is 29.1 Å². The predicted molar refractivity (Wildman–Crippen MR) is 129 cm³/mol. The second kappa shape index (κ2) is 11.6. The van der Waals surface area contributed by atoms with Gasteiger partial charge in [0.2, 0.25) is 0 Å². The number of carbonyl (C=O) groups excluding carboxylic acids is 3. The summed E-state index contributed by atoms with van der Waals surface area (Å²) in [5, 5.41) is 2.86. The van der Waals surface area contributed by atoms with Gasteiger partial charge in [-0.3, -0.25) is 4.79 Å². The van der Waals surface area contributed by atoms with Crippen LogP contribution in [0.25, 0.3) is 0 Å². The van der Waals surface area contributed by atoms with Crippen LogP contribution in [-0.2, 0) is 4.79 Å². The number of amides is 5. The number of hydrogen-bond donors (Lipinski definition) is 1. The van der Waals surface area contributed by atoms with E-state index >= 15 is 0 Å². The van der Waals surface area contributed by atoms with Crippen molar-refractivity contribution < 1.29 is 14.4 Å². The summed E-state index contributed by atoms with van der Waals surface area (Å²) < 4.78 is 0. The molecule has 3 rings (SSSR count). The Labute approximate surface area is 195 Å². The standard InChI is InChI=1S/C24H36N4O3S/c1-26(2)23(30)25-16-10-9-14-20-22(29)28(19-13-7-8-15-21(19)32-3)24(31)27(20)17-18-11-5-4-6-12-18/h7-8,13,15,18,20H,4-6,9-12,14,16-17H2,1-3H3,(H,25,30)/t20-/m0/s1. The highest BCUT2D eigenvalue weighted by atomic mass is 32.2. The summed E-state index contributed by atoms with van der Waals surface area (Å²) >= 11 is 1.55. The number of urea groups is 2. The van der Waals surface area contributed by atoms with Gasteiger partial charge < -0.3 is 15.1 Å². The van der Waals surface area contributed by atoms with Crippen molar-refractivity contribution in [3.63, 3.8) is 0 Å². The van der Waals surface area contributed by atoms with Gasteiger partial charge in [-0.25, -0.2) is 14.5 Å². The van der Waals surface area contributed by atoms with Gasteiger partial charge in [0.25, 0.3) is 5.91 Å². The van der Waals surface area contributed by atoms with Gasteiger partial charge in [0.1, 0.15) is 6.04 Å². The molecule has 0 unspecified atom stereocenters. The largest absolute Gasteiger partial charge is 0.338 e. The highest BCUT2D eigenvalue weighted by molar-refractivity contribution is 7.98. The number of thioether (sulfide) groups is 1. The van der Waals surface area contributed by atoms with Crippen LogP contribution < -0.4 is 10.2 Å². The third-order valence-corrected chi connectivity index (χ3v) is 7.20. The lowest BCUT2D eigenvalue weighted by Crippen LogP contribution is -2.39. The number of nitrogens with one attached hydrogen (secondary N) is 1. The molecule has 8 heteroatoms. The van der Waals surface area contributed by atoms with Crippen LogP contribution in [-0.4, -0.2) is 67.3 Å². The van der Waals surface area contributed by atoms with Crippen molar-refractivity contribution in [3.05, 3.63) is 24.3 Å². The minimum atomic E-state index is -0.427. The Balaban J connectivity index is 1.71. The van der Waals surface area contributed by atoms with Crippen LogP contribution in [0.5, 0.6) is 0 Å². The van der Waals surface area contributed by atoms with Crippen LogP contribution in [0.1, 0.15) is 51.4 Å². The Morgan fingerprint density at radius 2 is 1.84 bits per heavy atom. The SMILES string of the molecule is CSc1ccccc1N1C(=O)[C@H](CCCCNC(=O)N(C)C)N(CC2CCCCC2)C1=O. The van der Waals surface area contributed by atoms with Gasteiger partial charge in [-0.05, 0) is 56.4 Å². The molecular weight excluding hydrogens is 424 g/mol. The molecule has 7 nitrogen and oxygen atoms in total. The zero-order valence-electron chi connectivity index (χ0n) is 19.5. The molecule has 32 heavy (non-hydrogen) atoms. The summed E-state index contributed by atoms with van der Waals surface area (Å²) in [5.74, 6) is 0.350. The molecule has 0 bridgehead atoms. The van der Waals surface area contributed by atoms with Crippen molar-refractivity contribution in [2.45, 2.75) is 62.3 Å². The van der Waals surface area contributed by atoms with E-state index in [9.17, 15) is 14.4 Å². The molecule has 5 amide bonds. The van der Waals surface area contributed by atoms with Crippen molar-refractivity contribution >= 4 is 35.4 Å². The van der Waals surface area contributed by atoms with Gasteiger partial charge in [0, 0.05) is 32.1 Å². The molecule has 1 saturated carbocycles. The van der Waals surface area contributed by atoms with Crippen LogP contribution in [0.2, 0.25) is 0 Å². The predicted octanol–water partition coefficient (Wildman–Crippen LogP) is 4.57. The van der Waals surface area contributed by atoms with E-state index in [1.54, 1.807) is 25.9 Å². The average molecular weight is 461 g/mol. The first kappa shape index (κ1) is 24.4. The topological polar surface area (TPSA) is 73.0 Å². The first-order valence-corrected chi connectivity index (χ1v) is 12.9. The molecule has 1 aliphatic carbocycles. The van der Waals surface area contributed by atoms with Crippen molar-refractivity contribution in [1.82, 2.24) is 15.1 Å². The molecule has 0 radical (unpaired) electrons. The number of hydrogen-bond acceptors (Lipinski definition) is 4. The summed E-state index contributed by atoms with van der Waals surface area (Å²) in [4.78, 5) is 44.3. The molecule has 1 aromatic rings. The molecule has 1 aromatic carbocycles. The lowest BCUT2D eigenvalue weighted by atomic mass is 9.88. The molecule has 1 aliphatic heterocycles. The van der Waals surface area contributed by atoms with Crippen molar-refractivity contribution in [2.75, 3.05) is 38.3 Å². The van der Waals surface area contributed by atoms with Crippen LogP contribution >= 0.6 is 11.8 Å². The van der Waals surface area contributed by atoms with E-state index in [0.29, 0.717) is 31.1 Å². The maximum atomic E-state index is 13.5. The molecule has 1 N–H and O–H groups in total. The third-order valence-electron chi connectivity index (χ3n) is 6.41. The first-order valence-electron chi connectivity index (χ1n) is 11.7. The van der Waals surface area contributed by atoms with E-state index in [2.05, 4.69) is 5.32 Å². The van der Waals surface area contributed by atoms with Crippen LogP contribution in [0.4, 0.5) is 15.3 Å². The van der Waals surface area contributed by atoms with Gasteiger partial charge in [0.05, 0.1) is 5.69 Å². The second-order valence-corrected chi connectivity index (χ2v) is 9.77. The number of carbonyl (C=O) groups is 3. The Kier molecular flexibility index (Phi) is 8.84. The van der Waals surface area contributed by atoms with Crippen LogP contribution in [0.15, 0.2) is 29.2 Å². The molecule has 1 atom stereocenters. The minimum absolute atomic E-state index is 0.115. The molecule has 1 saturated heterocycles. The monoisotopic (exact) mass is 460 g/mol. The Morgan fingerprint density at radius 1 is 1.12 bits per heavy atom. The lowest BCUT2D eigenvalue weighted by molar-refractivity contribution is -0.120. The number of imide groups is 1. The molecular formula is C24H36N4O3S.